The molecular weight excluding hydrogens is 532 g/mol. The van der Waals surface area contributed by atoms with Crippen LogP contribution in [0.3, 0.4) is 0 Å². The van der Waals surface area contributed by atoms with Crippen molar-refractivity contribution in [2.75, 3.05) is 0 Å². The molecule has 208 valence electrons. The summed E-state index contributed by atoms with van der Waals surface area (Å²) in [4.78, 5) is 0. The maximum Gasteiger partial charge on any atom is 0.143 e. The Labute approximate surface area is 256 Å². The van der Waals surface area contributed by atoms with Crippen molar-refractivity contribution >= 4 is 43.9 Å². The number of hydrogen-bond donors (Lipinski definition) is 0. The molecule has 44 heavy (non-hydrogen) atoms. The third-order valence-electron chi connectivity index (χ3n) is 8.70. The van der Waals surface area contributed by atoms with Crippen molar-refractivity contribution in [3.8, 4) is 11.1 Å². The molecule has 8 rings (SSSR count). The first-order chi connectivity index (χ1) is 21.8. The maximum absolute atomic E-state index is 6.60. The fourth-order valence-corrected chi connectivity index (χ4v) is 6.64. The van der Waals surface area contributed by atoms with E-state index in [4.69, 9.17) is 4.42 Å². The van der Waals surface area contributed by atoms with Crippen LogP contribution in [-0.2, 0) is 0 Å². The minimum atomic E-state index is 0.806. The van der Waals surface area contributed by atoms with Gasteiger partial charge < -0.3 is 4.42 Å². The Bertz CT molecular complexity index is 2420. The molecule has 0 saturated carbocycles. The number of benzene rings is 6. The Morgan fingerprint density at radius 2 is 1.27 bits per heavy atom. The van der Waals surface area contributed by atoms with Gasteiger partial charge in [0.2, 0.25) is 0 Å². The molecule has 1 aliphatic carbocycles. The smallest absolute Gasteiger partial charge is 0.143 e. The quantitative estimate of drug-likeness (QED) is 0.209. The molecule has 0 bridgehead atoms. The van der Waals surface area contributed by atoms with Crippen molar-refractivity contribution in [3.05, 3.63) is 191 Å². The third-order valence-corrected chi connectivity index (χ3v) is 8.70. The summed E-state index contributed by atoms with van der Waals surface area (Å²) in [6.45, 7) is 4.57. The molecule has 0 unspecified atom stereocenters. The number of allylic oxidation sites excluding steroid dienone is 5. The first kappa shape index (κ1) is 26.0. The van der Waals surface area contributed by atoms with Gasteiger partial charge in [-0.3, -0.25) is 0 Å². The van der Waals surface area contributed by atoms with Gasteiger partial charge in [0.15, 0.2) is 0 Å². The van der Waals surface area contributed by atoms with Crippen LogP contribution in [-0.4, -0.2) is 0 Å². The molecule has 0 amide bonds. The van der Waals surface area contributed by atoms with Crippen LogP contribution in [0.2, 0.25) is 0 Å². The van der Waals surface area contributed by atoms with Crippen LogP contribution in [0, 0.1) is 0 Å². The monoisotopic (exact) mass is 562 g/mol. The van der Waals surface area contributed by atoms with E-state index in [9.17, 15) is 0 Å². The maximum atomic E-state index is 6.60. The minimum Gasteiger partial charge on any atom is -0.455 e. The summed E-state index contributed by atoms with van der Waals surface area (Å²) in [5.41, 5.74) is 9.94. The molecule has 0 N–H and O–H groups in total. The average Bonchev–Trinajstić information content (AvgIpc) is 3.46. The molecule has 1 nitrogen and oxygen atoms in total. The Morgan fingerprint density at radius 3 is 2.16 bits per heavy atom. The molecule has 0 saturated heterocycles. The first-order valence-corrected chi connectivity index (χ1v) is 15.1. The van der Waals surface area contributed by atoms with E-state index in [1.165, 1.54) is 32.9 Å². The van der Waals surface area contributed by atoms with Crippen LogP contribution in [0.4, 0.5) is 0 Å². The second-order valence-corrected chi connectivity index (χ2v) is 11.3. The van der Waals surface area contributed by atoms with Gasteiger partial charge in [-0.05, 0) is 79.4 Å². The van der Waals surface area contributed by atoms with E-state index in [0.29, 0.717) is 0 Å². The van der Waals surface area contributed by atoms with Crippen LogP contribution in [0.25, 0.3) is 55.0 Å². The van der Waals surface area contributed by atoms with E-state index in [2.05, 4.69) is 164 Å². The van der Waals surface area contributed by atoms with Crippen LogP contribution < -0.4 is 10.4 Å². The summed E-state index contributed by atoms with van der Waals surface area (Å²) >= 11 is 0. The van der Waals surface area contributed by atoms with Crippen molar-refractivity contribution in [2.45, 2.75) is 6.42 Å². The lowest BCUT2D eigenvalue weighted by Gasteiger charge is -2.15. The van der Waals surface area contributed by atoms with Crippen molar-refractivity contribution in [1.82, 2.24) is 0 Å². The highest BCUT2D eigenvalue weighted by Crippen LogP contribution is 2.36. The van der Waals surface area contributed by atoms with Gasteiger partial charge in [-0.15, -0.1) is 0 Å². The SMILES string of the molecule is C=C1/C=C\C=C/C/C(c2ccccc2-c2ccccc2)=c2/cccc/c2=C/1c1ccc2c(c1)oc1c3ccccc3ccc21. The molecule has 0 radical (unpaired) electrons. The standard InChI is InChI=1S/C43H30O/c1-29-14-4-2-7-20-36(35-21-11-10-18-33(35)30-15-5-3-6-16-30)37-22-12-13-23-39(37)42(29)32-25-26-38-40-27-24-31-17-8-9-19-34(31)43(40)44-41(38)28-32/h2-19,21-28H,1,20H2/b7-2-,14-4-,37-36+,42-39+. The van der Waals surface area contributed by atoms with E-state index >= 15 is 0 Å². The van der Waals surface area contributed by atoms with E-state index in [1.807, 2.05) is 0 Å². The number of fused-ring (bicyclic) bond motifs is 6. The largest absolute Gasteiger partial charge is 0.455 e. The molecule has 0 aliphatic heterocycles. The summed E-state index contributed by atoms with van der Waals surface area (Å²) in [6, 6.07) is 47.5. The molecule has 1 heterocycles. The van der Waals surface area contributed by atoms with Crippen molar-refractivity contribution in [3.63, 3.8) is 0 Å². The Morgan fingerprint density at radius 1 is 0.545 bits per heavy atom. The van der Waals surface area contributed by atoms with Crippen molar-refractivity contribution in [2.24, 2.45) is 0 Å². The second-order valence-electron chi connectivity index (χ2n) is 11.3. The zero-order valence-electron chi connectivity index (χ0n) is 24.3. The highest BCUT2D eigenvalue weighted by Gasteiger charge is 2.16. The molecule has 0 atom stereocenters. The molecule has 1 aromatic heterocycles. The minimum absolute atomic E-state index is 0.806. The number of furan rings is 1. The average molecular weight is 563 g/mol. The van der Waals surface area contributed by atoms with Crippen molar-refractivity contribution in [1.29, 1.82) is 0 Å². The van der Waals surface area contributed by atoms with Gasteiger partial charge in [0.05, 0.1) is 0 Å². The zero-order valence-corrected chi connectivity index (χ0v) is 24.3. The summed E-state index contributed by atoms with van der Waals surface area (Å²) in [5, 5.41) is 6.95. The van der Waals surface area contributed by atoms with E-state index in [0.717, 1.165) is 55.7 Å². The zero-order chi connectivity index (χ0) is 29.5. The van der Waals surface area contributed by atoms with Crippen molar-refractivity contribution < 1.29 is 4.42 Å². The third kappa shape index (κ3) is 4.42. The fraction of sp³-hybridized carbons (Fsp3) is 0.0233. The van der Waals surface area contributed by atoms with Gasteiger partial charge in [-0.25, -0.2) is 0 Å². The number of rotatable bonds is 3. The van der Waals surface area contributed by atoms with Gasteiger partial charge in [-0.2, -0.15) is 0 Å². The fourth-order valence-electron chi connectivity index (χ4n) is 6.64. The topological polar surface area (TPSA) is 13.1 Å². The molecule has 1 heteroatoms. The van der Waals surface area contributed by atoms with Crippen LogP contribution in [0.1, 0.15) is 17.5 Å². The molecule has 1 aliphatic rings. The molecular formula is C43H30O. The van der Waals surface area contributed by atoms with Gasteiger partial charge >= 0.3 is 0 Å². The van der Waals surface area contributed by atoms with Crippen LogP contribution in [0.5, 0.6) is 0 Å². The number of hydrogen-bond acceptors (Lipinski definition) is 1. The van der Waals surface area contributed by atoms with Gasteiger partial charge in [0.25, 0.3) is 0 Å². The molecule has 6 aromatic carbocycles. The highest BCUT2D eigenvalue weighted by atomic mass is 16.3. The Hall–Kier alpha value is -5.66. The normalized spacial score (nSPS) is 17.5. The van der Waals surface area contributed by atoms with Gasteiger partial charge in [0, 0.05) is 16.2 Å². The predicted molar refractivity (Wildman–Crippen MR) is 186 cm³/mol. The van der Waals surface area contributed by atoms with Crippen LogP contribution in [0.15, 0.2) is 174 Å². The second kappa shape index (κ2) is 10.9. The summed E-state index contributed by atoms with van der Waals surface area (Å²) < 4.78 is 6.60. The molecule has 0 fully saturated rings. The molecule has 0 spiro atoms. The highest BCUT2D eigenvalue weighted by molar-refractivity contribution is 6.15. The van der Waals surface area contributed by atoms with E-state index in [1.54, 1.807) is 0 Å². The lowest BCUT2D eigenvalue weighted by atomic mass is 9.88. The lowest BCUT2D eigenvalue weighted by molar-refractivity contribution is 0.672. The lowest BCUT2D eigenvalue weighted by Crippen LogP contribution is -2.30. The molecule has 7 aromatic rings. The van der Waals surface area contributed by atoms with E-state index < -0.39 is 0 Å². The van der Waals surface area contributed by atoms with Crippen LogP contribution >= 0.6 is 0 Å². The van der Waals surface area contributed by atoms with Gasteiger partial charge in [-0.1, -0.05) is 146 Å². The Kier molecular flexibility index (Phi) is 6.43. The Balaban J connectivity index is 1.44. The summed E-state index contributed by atoms with van der Waals surface area (Å²) in [5.74, 6) is 0. The predicted octanol–water partition coefficient (Wildman–Crippen LogP) is 9.88. The summed E-state index contributed by atoms with van der Waals surface area (Å²) in [7, 11) is 0. The van der Waals surface area contributed by atoms with Gasteiger partial charge in [0.1, 0.15) is 11.2 Å². The van der Waals surface area contributed by atoms with E-state index in [-0.39, 0.29) is 0 Å². The summed E-state index contributed by atoms with van der Waals surface area (Å²) in [6.07, 6.45) is 9.40. The first-order valence-electron chi connectivity index (χ1n) is 15.1.